The summed E-state index contributed by atoms with van der Waals surface area (Å²) in [4.78, 5) is 21.3. The second-order valence-corrected chi connectivity index (χ2v) is 7.44. The first-order chi connectivity index (χ1) is 13.2. The highest BCUT2D eigenvalue weighted by atomic mass is 32.1. The van der Waals surface area contributed by atoms with Crippen LogP contribution in [0.1, 0.15) is 27.9 Å². The smallest absolute Gasteiger partial charge is 0.266 e. The lowest BCUT2D eigenvalue weighted by Crippen LogP contribution is -2.30. The molecule has 0 fully saturated rings. The van der Waals surface area contributed by atoms with E-state index in [1.807, 2.05) is 77.9 Å². The molecule has 5 heteroatoms. The number of imidazole rings is 1. The van der Waals surface area contributed by atoms with Crippen molar-refractivity contribution in [2.45, 2.75) is 20.4 Å². The molecule has 136 valence electrons. The summed E-state index contributed by atoms with van der Waals surface area (Å²) in [6.45, 7) is 5.29. The summed E-state index contributed by atoms with van der Waals surface area (Å²) in [5, 5.41) is 0. The predicted octanol–water partition coefficient (Wildman–Crippen LogP) is 5.03. The number of fused-ring (bicyclic) bond motifs is 1. The van der Waals surface area contributed by atoms with Crippen LogP contribution in [-0.4, -0.2) is 26.7 Å². The van der Waals surface area contributed by atoms with Crippen molar-refractivity contribution in [1.29, 1.82) is 0 Å². The molecule has 0 unspecified atom stereocenters. The number of carbonyl (C=O) groups excluding carboxylic acids is 1. The van der Waals surface area contributed by atoms with Crippen molar-refractivity contribution in [3.63, 3.8) is 0 Å². The number of hydrogen-bond donors (Lipinski definition) is 0. The van der Waals surface area contributed by atoms with E-state index in [0.717, 1.165) is 32.4 Å². The van der Waals surface area contributed by atoms with Crippen LogP contribution in [0.5, 0.6) is 0 Å². The van der Waals surface area contributed by atoms with Crippen molar-refractivity contribution in [3.8, 4) is 11.3 Å². The van der Waals surface area contributed by atoms with E-state index in [4.69, 9.17) is 4.98 Å². The fourth-order valence-corrected chi connectivity index (χ4v) is 4.25. The number of aryl methyl sites for hydroxylation is 1. The van der Waals surface area contributed by atoms with Gasteiger partial charge in [0.25, 0.3) is 5.91 Å². The van der Waals surface area contributed by atoms with Gasteiger partial charge < -0.3 is 4.90 Å². The van der Waals surface area contributed by atoms with Gasteiger partial charge in [0.15, 0.2) is 4.96 Å². The molecule has 0 N–H and O–H groups in total. The Kier molecular flexibility index (Phi) is 4.77. The van der Waals surface area contributed by atoms with Gasteiger partial charge in [0.1, 0.15) is 4.88 Å². The van der Waals surface area contributed by atoms with Gasteiger partial charge in [0.2, 0.25) is 0 Å². The van der Waals surface area contributed by atoms with E-state index >= 15 is 0 Å². The van der Waals surface area contributed by atoms with Crippen molar-refractivity contribution in [1.82, 2.24) is 14.3 Å². The molecule has 0 saturated heterocycles. The van der Waals surface area contributed by atoms with Crippen molar-refractivity contribution in [2.24, 2.45) is 0 Å². The lowest BCUT2D eigenvalue weighted by Gasteiger charge is -2.20. The average molecular weight is 375 g/mol. The van der Waals surface area contributed by atoms with Gasteiger partial charge >= 0.3 is 0 Å². The third kappa shape index (κ3) is 3.38. The highest BCUT2D eigenvalue weighted by Gasteiger charge is 2.22. The number of benzene rings is 2. The molecule has 0 aliphatic carbocycles. The molecule has 0 bridgehead atoms. The standard InChI is InChI=1S/C22H21N3OS/c1-3-24(14-17-10-6-4-7-11-17)21(26)20-16(2)25-15-19(23-22(25)27-20)18-12-8-5-9-13-18/h4-13,15H,3,14H2,1-2H3. The lowest BCUT2D eigenvalue weighted by atomic mass is 10.2. The highest BCUT2D eigenvalue weighted by molar-refractivity contribution is 7.19. The molecule has 0 aliphatic heterocycles. The Balaban J connectivity index is 1.64. The quantitative estimate of drug-likeness (QED) is 0.490. The van der Waals surface area contributed by atoms with Gasteiger partial charge in [-0.15, -0.1) is 0 Å². The Bertz CT molecular complexity index is 1070. The Hall–Kier alpha value is -2.92. The Morgan fingerprint density at radius 1 is 1.07 bits per heavy atom. The molecule has 2 heterocycles. The molecule has 0 radical (unpaired) electrons. The normalized spacial score (nSPS) is 11.0. The van der Waals surface area contributed by atoms with E-state index in [0.29, 0.717) is 13.1 Å². The van der Waals surface area contributed by atoms with Crippen LogP contribution in [0.15, 0.2) is 66.9 Å². The molecule has 4 nitrogen and oxygen atoms in total. The zero-order valence-corrected chi connectivity index (χ0v) is 16.2. The zero-order valence-electron chi connectivity index (χ0n) is 15.4. The summed E-state index contributed by atoms with van der Waals surface area (Å²) in [6.07, 6.45) is 2.01. The van der Waals surface area contributed by atoms with E-state index in [1.165, 1.54) is 11.3 Å². The number of aromatic nitrogens is 2. The molecule has 0 atom stereocenters. The number of carbonyl (C=O) groups is 1. The van der Waals surface area contributed by atoms with Crippen LogP contribution < -0.4 is 0 Å². The van der Waals surface area contributed by atoms with Crippen LogP contribution in [0.2, 0.25) is 0 Å². The van der Waals surface area contributed by atoms with Crippen LogP contribution in [0.25, 0.3) is 16.2 Å². The summed E-state index contributed by atoms with van der Waals surface area (Å²) in [6, 6.07) is 20.2. The number of thiazole rings is 1. The minimum absolute atomic E-state index is 0.0654. The maximum absolute atomic E-state index is 13.1. The first-order valence-electron chi connectivity index (χ1n) is 9.04. The monoisotopic (exact) mass is 375 g/mol. The molecule has 1 amide bonds. The largest absolute Gasteiger partial charge is 0.334 e. The minimum Gasteiger partial charge on any atom is -0.334 e. The maximum Gasteiger partial charge on any atom is 0.266 e. The van der Waals surface area contributed by atoms with Gasteiger partial charge in [-0.3, -0.25) is 9.20 Å². The summed E-state index contributed by atoms with van der Waals surface area (Å²) in [5.74, 6) is 0.0654. The Morgan fingerprint density at radius 2 is 1.74 bits per heavy atom. The fraction of sp³-hybridized carbons (Fsp3) is 0.182. The van der Waals surface area contributed by atoms with Gasteiger partial charge in [0.05, 0.1) is 5.69 Å². The third-order valence-corrected chi connectivity index (χ3v) is 5.85. The molecule has 4 rings (SSSR count). The van der Waals surface area contributed by atoms with E-state index in [-0.39, 0.29) is 5.91 Å². The summed E-state index contributed by atoms with van der Waals surface area (Å²) >= 11 is 1.46. The van der Waals surface area contributed by atoms with Crippen molar-refractivity contribution in [3.05, 3.63) is 83.0 Å². The molecule has 0 aliphatic rings. The van der Waals surface area contributed by atoms with Gasteiger partial charge in [-0.25, -0.2) is 4.98 Å². The highest BCUT2D eigenvalue weighted by Crippen LogP contribution is 2.28. The van der Waals surface area contributed by atoms with Crippen LogP contribution in [0, 0.1) is 6.92 Å². The van der Waals surface area contributed by atoms with Gasteiger partial charge in [-0.05, 0) is 19.4 Å². The summed E-state index contributed by atoms with van der Waals surface area (Å²) in [7, 11) is 0. The van der Waals surface area contributed by atoms with E-state index in [2.05, 4.69) is 12.1 Å². The SMILES string of the molecule is CCN(Cc1ccccc1)C(=O)c1sc2nc(-c3ccccc3)cn2c1C. The summed E-state index contributed by atoms with van der Waals surface area (Å²) < 4.78 is 2.02. The van der Waals surface area contributed by atoms with Crippen molar-refractivity contribution in [2.75, 3.05) is 6.54 Å². The molecule has 0 saturated carbocycles. The summed E-state index contributed by atoms with van der Waals surface area (Å²) in [5.41, 5.74) is 4.10. The fourth-order valence-electron chi connectivity index (χ4n) is 3.17. The van der Waals surface area contributed by atoms with Crippen LogP contribution in [-0.2, 0) is 6.54 Å². The topological polar surface area (TPSA) is 37.6 Å². The molecule has 27 heavy (non-hydrogen) atoms. The van der Waals surface area contributed by atoms with Gasteiger partial charge in [0, 0.05) is 30.5 Å². The number of rotatable bonds is 5. The zero-order chi connectivity index (χ0) is 18.8. The molecular formula is C22H21N3OS. The second kappa shape index (κ2) is 7.37. The Morgan fingerprint density at radius 3 is 2.37 bits per heavy atom. The maximum atomic E-state index is 13.1. The third-order valence-electron chi connectivity index (χ3n) is 4.71. The number of amides is 1. The van der Waals surface area contributed by atoms with Gasteiger partial charge in [-0.2, -0.15) is 0 Å². The Labute approximate surface area is 162 Å². The lowest BCUT2D eigenvalue weighted by molar-refractivity contribution is 0.0756. The molecule has 0 spiro atoms. The molecule has 4 aromatic rings. The van der Waals surface area contributed by atoms with Crippen LogP contribution in [0.3, 0.4) is 0 Å². The van der Waals surface area contributed by atoms with Crippen LogP contribution >= 0.6 is 11.3 Å². The molecule has 2 aromatic heterocycles. The minimum atomic E-state index is 0.0654. The molecular weight excluding hydrogens is 354 g/mol. The van der Waals surface area contributed by atoms with E-state index < -0.39 is 0 Å². The molecule has 2 aromatic carbocycles. The van der Waals surface area contributed by atoms with Gasteiger partial charge in [-0.1, -0.05) is 72.0 Å². The number of nitrogens with zero attached hydrogens (tertiary/aromatic N) is 3. The number of hydrogen-bond acceptors (Lipinski definition) is 3. The average Bonchev–Trinajstić information content (AvgIpc) is 3.27. The first-order valence-corrected chi connectivity index (χ1v) is 9.86. The first kappa shape index (κ1) is 17.5. The van der Waals surface area contributed by atoms with Crippen LogP contribution in [0.4, 0.5) is 0 Å². The van der Waals surface area contributed by atoms with E-state index in [1.54, 1.807) is 0 Å². The van der Waals surface area contributed by atoms with Crippen molar-refractivity contribution < 1.29 is 4.79 Å². The second-order valence-electron chi connectivity index (χ2n) is 6.47. The van der Waals surface area contributed by atoms with E-state index in [9.17, 15) is 4.79 Å². The predicted molar refractivity (Wildman–Crippen MR) is 110 cm³/mol. The van der Waals surface area contributed by atoms with Crippen molar-refractivity contribution >= 4 is 22.2 Å².